The van der Waals surface area contributed by atoms with Gasteiger partial charge in [-0.2, -0.15) is 0 Å². The van der Waals surface area contributed by atoms with E-state index >= 15 is 0 Å². The quantitative estimate of drug-likeness (QED) is 0.475. The lowest BCUT2D eigenvalue weighted by molar-refractivity contribution is -0.187. The van der Waals surface area contributed by atoms with Gasteiger partial charge < -0.3 is 9.47 Å². The highest BCUT2D eigenvalue weighted by Gasteiger charge is 2.52. The Bertz CT molecular complexity index is 218. The van der Waals surface area contributed by atoms with Crippen molar-refractivity contribution in [3.8, 4) is 0 Å². The van der Waals surface area contributed by atoms with Crippen LogP contribution in [-0.4, -0.2) is 32.1 Å². The molecule has 1 rings (SSSR count). The lowest BCUT2D eigenvalue weighted by atomic mass is 9.79. The Morgan fingerprint density at radius 1 is 1.46 bits per heavy atom. The highest BCUT2D eigenvalue weighted by Crippen LogP contribution is 2.31. The first-order valence-corrected chi connectivity index (χ1v) is 4.37. The lowest BCUT2D eigenvalue weighted by Gasteiger charge is -2.36. The molecule has 1 fully saturated rings. The molecule has 0 N–H and O–H groups in total. The summed E-state index contributed by atoms with van der Waals surface area (Å²) in [7, 11) is 1.29. The summed E-state index contributed by atoms with van der Waals surface area (Å²) in [6.45, 7) is 2.26. The maximum Gasteiger partial charge on any atom is 0.324 e. The predicted molar refractivity (Wildman–Crippen MR) is 45.2 cm³/mol. The summed E-state index contributed by atoms with van der Waals surface area (Å²) in [5, 5.41) is 0. The molecule has 0 aromatic heterocycles. The lowest BCUT2D eigenvalue weighted by Crippen LogP contribution is -2.55. The van der Waals surface area contributed by atoms with Crippen LogP contribution < -0.4 is 0 Å². The van der Waals surface area contributed by atoms with Gasteiger partial charge in [0, 0.05) is 6.42 Å². The average Bonchev–Trinajstić information content (AvgIpc) is 2.02. The fourth-order valence-corrected chi connectivity index (χ4v) is 1.36. The number of rotatable bonds is 4. The van der Waals surface area contributed by atoms with E-state index in [1.165, 1.54) is 7.11 Å². The van der Waals surface area contributed by atoms with Gasteiger partial charge >= 0.3 is 5.97 Å². The second-order valence-electron chi connectivity index (χ2n) is 3.24. The smallest absolute Gasteiger partial charge is 0.324 e. The van der Waals surface area contributed by atoms with Crippen molar-refractivity contribution in [2.24, 2.45) is 5.41 Å². The molecule has 13 heavy (non-hydrogen) atoms. The van der Waals surface area contributed by atoms with Crippen molar-refractivity contribution in [3.63, 3.8) is 0 Å². The molecule has 1 aliphatic rings. The molecular formula is C9H14O4. The van der Waals surface area contributed by atoms with Crippen LogP contribution in [0.3, 0.4) is 0 Å². The molecule has 0 spiro atoms. The number of hydrogen-bond acceptors (Lipinski definition) is 4. The standard InChI is InChI=1S/C9H14O4/c1-3-4-7(10)9(5-13-6-9)8(11)12-2/h3-6H2,1-2H3. The summed E-state index contributed by atoms with van der Waals surface area (Å²) in [6, 6.07) is 0. The van der Waals surface area contributed by atoms with Crippen LogP contribution in [0.5, 0.6) is 0 Å². The van der Waals surface area contributed by atoms with Gasteiger partial charge in [-0.25, -0.2) is 0 Å². The monoisotopic (exact) mass is 186 g/mol. The van der Waals surface area contributed by atoms with E-state index in [4.69, 9.17) is 4.74 Å². The molecule has 0 unspecified atom stereocenters. The van der Waals surface area contributed by atoms with Crippen LogP contribution in [0.15, 0.2) is 0 Å². The van der Waals surface area contributed by atoms with Crippen molar-refractivity contribution < 1.29 is 19.1 Å². The van der Waals surface area contributed by atoms with Crippen LogP contribution in [0.25, 0.3) is 0 Å². The van der Waals surface area contributed by atoms with Crippen LogP contribution in [-0.2, 0) is 19.1 Å². The SMILES string of the molecule is CCCC(=O)C1(C(=O)OC)COC1. The summed E-state index contributed by atoms with van der Waals surface area (Å²) >= 11 is 0. The molecule has 1 heterocycles. The van der Waals surface area contributed by atoms with Gasteiger partial charge in [0.25, 0.3) is 0 Å². The molecule has 0 amide bonds. The van der Waals surface area contributed by atoms with Gasteiger partial charge in [0.15, 0.2) is 11.2 Å². The zero-order chi connectivity index (χ0) is 9.90. The Kier molecular flexibility index (Phi) is 3.03. The van der Waals surface area contributed by atoms with Crippen molar-refractivity contribution in [3.05, 3.63) is 0 Å². The zero-order valence-corrected chi connectivity index (χ0v) is 7.96. The molecule has 1 saturated heterocycles. The summed E-state index contributed by atoms with van der Waals surface area (Å²) < 4.78 is 9.49. The zero-order valence-electron chi connectivity index (χ0n) is 7.96. The van der Waals surface area contributed by atoms with Gasteiger partial charge in [-0.15, -0.1) is 0 Å². The number of esters is 1. The highest BCUT2D eigenvalue weighted by molar-refractivity contribution is 6.04. The first-order valence-electron chi connectivity index (χ1n) is 4.37. The molecule has 0 saturated carbocycles. The molecule has 0 radical (unpaired) electrons. The number of Topliss-reactive ketones (excluding diaryl/α,β-unsaturated/α-hetero) is 1. The van der Waals surface area contributed by atoms with E-state index in [1.807, 2.05) is 6.92 Å². The predicted octanol–water partition coefficient (Wildman–Crippen LogP) is 0.545. The minimum absolute atomic E-state index is 0.0619. The minimum Gasteiger partial charge on any atom is -0.468 e. The number of ketones is 1. The Morgan fingerprint density at radius 3 is 2.38 bits per heavy atom. The summed E-state index contributed by atoms with van der Waals surface area (Å²) in [5.74, 6) is -0.523. The van der Waals surface area contributed by atoms with Gasteiger partial charge in [-0.3, -0.25) is 9.59 Å². The molecule has 1 aliphatic heterocycles. The molecule has 4 heteroatoms. The minimum atomic E-state index is -0.981. The first-order chi connectivity index (χ1) is 6.17. The van der Waals surface area contributed by atoms with E-state index in [2.05, 4.69) is 4.74 Å². The molecule has 0 bridgehead atoms. The fraction of sp³-hybridized carbons (Fsp3) is 0.778. The van der Waals surface area contributed by atoms with Crippen molar-refractivity contribution in [1.29, 1.82) is 0 Å². The number of hydrogen-bond donors (Lipinski definition) is 0. The summed E-state index contributed by atoms with van der Waals surface area (Å²) in [6.07, 6.45) is 1.16. The van der Waals surface area contributed by atoms with Gasteiger partial charge in [0.1, 0.15) is 0 Å². The van der Waals surface area contributed by atoms with Crippen molar-refractivity contribution in [2.45, 2.75) is 19.8 Å². The number of carbonyl (C=O) groups excluding carboxylic acids is 2. The molecule has 0 aromatic carbocycles. The fourth-order valence-electron chi connectivity index (χ4n) is 1.36. The van der Waals surface area contributed by atoms with Gasteiger partial charge in [0.2, 0.25) is 0 Å². The van der Waals surface area contributed by atoms with Crippen LogP contribution in [0.4, 0.5) is 0 Å². The molecule has 74 valence electrons. The Hall–Kier alpha value is -0.900. The van der Waals surface area contributed by atoms with Crippen molar-refractivity contribution in [2.75, 3.05) is 20.3 Å². The molecular weight excluding hydrogens is 172 g/mol. The number of carbonyl (C=O) groups is 2. The van der Waals surface area contributed by atoms with E-state index in [-0.39, 0.29) is 19.0 Å². The number of methoxy groups -OCH3 is 1. The van der Waals surface area contributed by atoms with E-state index in [0.717, 1.165) is 6.42 Å². The highest BCUT2D eigenvalue weighted by atomic mass is 16.5. The third-order valence-corrected chi connectivity index (χ3v) is 2.28. The second-order valence-corrected chi connectivity index (χ2v) is 3.24. The van der Waals surface area contributed by atoms with E-state index in [0.29, 0.717) is 6.42 Å². The Labute approximate surface area is 77.2 Å². The van der Waals surface area contributed by atoms with Crippen LogP contribution >= 0.6 is 0 Å². The van der Waals surface area contributed by atoms with Crippen LogP contribution in [0.2, 0.25) is 0 Å². The third kappa shape index (κ3) is 1.58. The Balaban J connectivity index is 2.69. The first kappa shape index (κ1) is 10.2. The van der Waals surface area contributed by atoms with Crippen LogP contribution in [0.1, 0.15) is 19.8 Å². The van der Waals surface area contributed by atoms with E-state index < -0.39 is 11.4 Å². The maximum atomic E-state index is 11.6. The normalized spacial score (nSPS) is 18.9. The topological polar surface area (TPSA) is 52.6 Å². The second kappa shape index (κ2) is 3.87. The number of ether oxygens (including phenoxy) is 2. The van der Waals surface area contributed by atoms with E-state index in [9.17, 15) is 9.59 Å². The largest absolute Gasteiger partial charge is 0.468 e. The molecule has 0 aliphatic carbocycles. The van der Waals surface area contributed by atoms with E-state index in [1.54, 1.807) is 0 Å². The van der Waals surface area contributed by atoms with Gasteiger partial charge in [0.05, 0.1) is 20.3 Å². The molecule has 0 aromatic rings. The third-order valence-electron chi connectivity index (χ3n) is 2.28. The summed E-state index contributed by atoms with van der Waals surface area (Å²) in [5.41, 5.74) is -0.981. The van der Waals surface area contributed by atoms with Crippen molar-refractivity contribution in [1.82, 2.24) is 0 Å². The molecule has 4 nitrogen and oxygen atoms in total. The maximum absolute atomic E-state index is 11.6. The van der Waals surface area contributed by atoms with Gasteiger partial charge in [-0.05, 0) is 6.42 Å². The van der Waals surface area contributed by atoms with Crippen LogP contribution in [0, 0.1) is 5.41 Å². The van der Waals surface area contributed by atoms with Crippen molar-refractivity contribution >= 4 is 11.8 Å². The molecule has 0 atom stereocenters. The average molecular weight is 186 g/mol. The van der Waals surface area contributed by atoms with Gasteiger partial charge in [-0.1, -0.05) is 6.92 Å². The summed E-state index contributed by atoms with van der Waals surface area (Å²) in [4.78, 5) is 22.9. The Morgan fingerprint density at radius 2 is 2.08 bits per heavy atom.